The van der Waals surface area contributed by atoms with Crippen LogP contribution in [-0.4, -0.2) is 65.4 Å². The zero-order chi connectivity index (χ0) is 17.1. The second-order valence-corrected chi connectivity index (χ2v) is 7.31. The van der Waals surface area contributed by atoms with E-state index in [0.717, 1.165) is 13.1 Å². The number of carbonyl (C=O) groups excluding carboxylic acids is 2. The summed E-state index contributed by atoms with van der Waals surface area (Å²) in [5, 5.41) is 2.80. The van der Waals surface area contributed by atoms with Crippen LogP contribution in [0.25, 0.3) is 0 Å². The minimum Gasteiger partial charge on any atom is -0.341 e. The molecule has 1 atom stereocenters. The summed E-state index contributed by atoms with van der Waals surface area (Å²) >= 11 is 0. The molecule has 0 radical (unpaired) electrons. The summed E-state index contributed by atoms with van der Waals surface area (Å²) in [6, 6.07) is -0.0983. The van der Waals surface area contributed by atoms with Gasteiger partial charge < -0.3 is 16.0 Å². The van der Waals surface area contributed by atoms with Crippen LogP contribution < -0.4 is 11.1 Å². The van der Waals surface area contributed by atoms with Gasteiger partial charge in [-0.05, 0) is 33.6 Å². The average molecular weight is 312 g/mol. The van der Waals surface area contributed by atoms with Gasteiger partial charge in [0.15, 0.2) is 0 Å². The summed E-state index contributed by atoms with van der Waals surface area (Å²) in [6.45, 7) is 14.7. The summed E-state index contributed by atoms with van der Waals surface area (Å²) in [6.07, 6.45) is 0. The Hall–Kier alpha value is -1.14. The zero-order valence-corrected chi connectivity index (χ0v) is 14.8. The van der Waals surface area contributed by atoms with Crippen LogP contribution in [0.5, 0.6) is 0 Å². The van der Waals surface area contributed by atoms with Crippen LogP contribution in [0.15, 0.2) is 0 Å². The Kier molecular flexibility index (Phi) is 6.38. The molecule has 22 heavy (non-hydrogen) atoms. The van der Waals surface area contributed by atoms with Crippen LogP contribution in [-0.2, 0) is 9.59 Å². The topological polar surface area (TPSA) is 78.7 Å². The van der Waals surface area contributed by atoms with E-state index in [1.165, 1.54) is 0 Å². The molecule has 1 saturated heterocycles. The molecule has 0 spiro atoms. The van der Waals surface area contributed by atoms with E-state index in [0.29, 0.717) is 19.1 Å². The van der Waals surface area contributed by atoms with Crippen molar-refractivity contribution in [1.29, 1.82) is 0 Å². The van der Waals surface area contributed by atoms with Gasteiger partial charge in [0.1, 0.15) is 5.54 Å². The predicted octanol–water partition coefficient (Wildman–Crippen LogP) is 0.417. The molecule has 1 heterocycles. The highest BCUT2D eigenvalue weighted by molar-refractivity contribution is 5.92. The summed E-state index contributed by atoms with van der Waals surface area (Å²) < 4.78 is 0. The summed E-state index contributed by atoms with van der Waals surface area (Å²) in [4.78, 5) is 29.0. The lowest BCUT2D eigenvalue weighted by atomic mass is 9.99. The molecule has 1 aliphatic heterocycles. The monoisotopic (exact) mass is 312 g/mol. The Labute approximate surface area is 134 Å². The summed E-state index contributed by atoms with van der Waals surface area (Å²) in [5.74, 6) is -0.269. The Morgan fingerprint density at radius 3 is 1.95 bits per heavy atom. The van der Waals surface area contributed by atoms with Crippen molar-refractivity contribution in [2.24, 2.45) is 11.7 Å². The molecule has 1 rings (SSSR count). The Morgan fingerprint density at radius 2 is 1.55 bits per heavy atom. The zero-order valence-electron chi connectivity index (χ0n) is 14.8. The van der Waals surface area contributed by atoms with Gasteiger partial charge in [-0.25, -0.2) is 0 Å². The van der Waals surface area contributed by atoms with E-state index in [1.807, 2.05) is 18.7 Å². The lowest BCUT2D eigenvalue weighted by molar-refractivity contribution is -0.142. The maximum absolute atomic E-state index is 12.7. The highest BCUT2D eigenvalue weighted by atomic mass is 16.2. The quantitative estimate of drug-likeness (QED) is 0.771. The van der Waals surface area contributed by atoms with E-state index in [9.17, 15) is 9.59 Å². The lowest BCUT2D eigenvalue weighted by Gasteiger charge is -2.40. The fourth-order valence-corrected chi connectivity index (χ4v) is 2.58. The molecule has 0 aromatic rings. The third-order valence-corrected chi connectivity index (χ3v) is 4.32. The van der Waals surface area contributed by atoms with E-state index in [4.69, 9.17) is 5.73 Å². The van der Waals surface area contributed by atoms with Gasteiger partial charge in [-0.2, -0.15) is 0 Å². The van der Waals surface area contributed by atoms with Gasteiger partial charge in [0.2, 0.25) is 11.8 Å². The molecule has 0 aromatic heterocycles. The first-order valence-corrected chi connectivity index (χ1v) is 8.17. The maximum Gasteiger partial charge on any atom is 0.247 e. The van der Waals surface area contributed by atoms with Crippen LogP contribution in [0.2, 0.25) is 0 Å². The SMILES string of the molecule is CC(C)[C@H](N)C(=O)NC(C)(C)C(=O)N1CCN(C(C)C)CC1. The molecule has 3 N–H and O–H groups in total. The lowest BCUT2D eigenvalue weighted by Crippen LogP contribution is -2.62. The first kappa shape index (κ1) is 18.9. The van der Waals surface area contributed by atoms with Crippen LogP contribution >= 0.6 is 0 Å². The molecular weight excluding hydrogens is 280 g/mol. The Balaban J connectivity index is 2.62. The Morgan fingerprint density at radius 1 is 1.05 bits per heavy atom. The second kappa shape index (κ2) is 7.42. The maximum atomic E-state index is 12.7. The van der Waals surface area contributed by atoms with Crippen molar-refractivity contribution in [3.63, 3.8) is 0 Å². The molecule has 128 valence electrons. The smallest absolute Gasteiger partial charge is 0.247 e. The molecule has 0 saturated carbocycles. The van der Waals surface area contributed by atoms with Crippen LogP contribution in [0, 0.1) is 5.92 Å². The number of amides is 2. The van der Waals surface area contributed by atoms with Gasteiger partial charge in [-0.15, -0.1) is 0 Å². The van der Waals surface area contributed by atoms with Gasteiger partial charge in [-0.1, -0.05) is 13.8 Å². The summed E-state index contributed by atoms with van der Waals surface area (Å²) in [5.41, 5.74) is 4.93. The second-order valence-electron chi connectivity index (χ2n) is 7.31. The van der Waals surface area contributed by atoms with Crippen molar-refractivity contribution in [2.45, 2.75) is 59.2 Å². The molecule has 2 amide bonds. The average Bonchev–Trinajstić information content (AvgIpc) is 2.45. The molecular formula is C16H32N4O2. The largest absolute Gasteiger partial charge is 0.341 e. The molecule has 6 heteroatoms. The van der Waals surface area contributed by atoms with E-state index in [2.05, 4.69) is 24.1 Å². The van der Waals surface area contributed by atoms with Crippen LogP contribution in [0.4, 0.5) is 0 Å². The third kappa shape index (κ3) is 4.68. The van der Waals surface area contributed by atoms with Gasteiger partial charge in [-0.3, -0.25) is 14.5 Å². The van der Waals surface area contributed by atoms with Crippen molar-refractivity contribution in [2.75, 3.05) is 26.2 Å². The minimum atomic E-state index is -0.927. The number of nitrogens with one attached hydrogen (secondary N) is 1. The van der Waals surface area contributed by atoms with Crippen molar-refractivity contribution in [3.8, 4) is 0 Å². The highest BCUT2D eigenvalue weighted by Gasteiger charge is 2.36. The first-order valence-electron chi connectivity index (χ1n) is 8.17. The first-order chi connectivity index (χ1) is 10.1. The van der Waals surface area contributed by atoms with Crippen molar-refractivity contribution >= 4 is 11.8 Å². The van der Waals surface area contributed by atoms with E-state index < -0.39 is 11.6 Å². The fourth-order valence-electron chi connectivity index (χ4n) is 2.58. The van der Waals surface area contributed by atoms with Crippen molar-refractivity contribution < 1.29 is 9.59 Å². The molecule has 1 fully saturated rings. The molecule has 0 aliphatic carbocycles. The van der Waals surface area contributed by atoms with Crippen LogP contribution in [0.1, 0.15) is 41.5 Å². The number of hydrogen-bond donors (Lipinski definition) is 2. The van der Waals surface area contributed by atoms with Gasteiger partial charge >= 0.3 is 0 Å². The molecule has 6 nitrogen and oxygen atoms in total. The summed E-state index contributed by atoms with van der Waals surface area (Å²) in [7, 11) is 0. The molecule has 0 unspecified atom stereocenters. The number of hydrogen-bond acceptors (Lipinski definition) is 4. The third-order valence-electron chi connectivity index (χ3n) is 4.32. The number of rotatable bonds is 5. The molecule has 1 aliphatic rings. The van der Waals surface area contributed by atoms with Gasteiger partial charge in [0, 0.05) is 32.2 Å². The van der Waals surface area contributed by atoms with E-state index in [-0.39, 0.29) is 17.7 Å². The number of nitrogens with zero attached hydrogens (tertiary/aromatic N) is 2. The van der Waals surface area contributed by atoms with Crippen LogP contribution in [0.3, 0.4) is 0 Å². The number of carbonyl (C=O) groups is 2. The Bertz CT molecular complexity index is 399. The minimum absolute atomic E-state index is 0.0415. The van der Waals surface area contributed by atoms with Gasteiger partial charge in [0.25, 0.3) is 0 Å². The van der Waals surface area contributed by atoms with E-state index in [1.54, 1.807) is 13.8 Å². The number of piperazine rings is 1. The molecule has 0 bridgehead atoms. The highest BCUT2D eigenvalue weighted by Crippen LogP contribution is 2.13. The molecule has 0 aromatic carbocycles. The van der Waals surface area contributed by atoms with Crippen molar-refractivity contribution in [1.82, 2.24) is 15.1 Å². The van der Waals surface area contributed by atoms with Gasteiger partial charge in [0.05, 0.1) is 6.04 Å². The van der Waals surface area contributed by atoms with E-state index >= 15 is 0 Å². The fraction of sp³-hybridized carbons (Fsp3) is 0.875. The standard InChI is InChI=1S/C16H32N4O2/c1-11(2)13(17)14(21)18-16(5,6)15(22)20-9-7-19(8-10-20)12(3)4/h11-13H,7-10,17H2,1-6H3,(H,18,21)/t13-/m0/s1. The van der Waals surface area contributed by atoms with Crippen molar-refractivity contribution in [3.05, 3.63) is 0 Å². The normalized spacial score (nSPS) is 18.7. The predicted molar refractivity (Wildman–Crippen MR) is 88.3 cm³/mol. The number of nitrogens with two attached hydrogens (primary N) is 1.